The number of halogens is 2. The molecule has 1 aliphatic heterocycles. The number of methoxy groups -OCH3 is 1. The zero-order chi connectivity index (χ0) is 24.1. The van der Waals surface area contributed by atoms with Crippen LogP contribution in [0.5, 0.6) is 5.75 Å². The summed E-state index contributed by atoms with van der Waals surface area (Å²) in [4.78, 5) is 32.1. The van der Waals surface area contributed by atoms with E-state index in [1.54, 1.807) is 36.3 Å². The molecule has 0 unspecified atom stereocenters. The maximum Gasteiger partial charge on any atom is 0.242 e. The third-order valence-electron chi connectivity index (χ3n) is 5.07. The number of rotatable bonds is 7. The molecule has 1 saturated heterocycles. The topological polar surface area (TPSA) is 71.0 Å². The molecule has 3 aromatic carbocycles. The molecule has 2 amide bonds. The predicted molar refractivity (Wildman–Crippen MR) is 133 cm³/mol. The molecule has 1 N–H and O–H groups in total. The SMILES string of the molecule is COc1ccc(CN2C(=O)[C@@H](CC(=O)Nc3ccc(F)cc3)SC2=Nc2ccc(Cl)cc2)cc1. The number of thioether (sulfide) groups is 1. The average molecular weight is 498 g/mol. The van der Waals surface area contributed by atoms with E-state index in [9.17, 15) is 14.0 Å². The summed E-state index contributed by atoms with van der Waals surface area (Å²) in [6, 6.07) is 19.9. The number of anilines is 1. The number of hydrogen-bond donors (Lipinski definition) is 1. The number of ether oxygens (including phenoxy) is 1. The van der Waals surface area contributed by atoms with Crippen LogP contribution in [0.3, 0.4) is 0 Å². The van der Waals surface area contributed by atoms with Crippen molar-refractivity contribution in [3.05, 3.63) is 89.2 Å². The average Bonchev–Trinajstić information content (AvgIpc) is 3.11. The summed E-state index contributed by atoms with van der Waals surface area (Å²) in [5, 5.41) is 3.16. The van der Waals surface area contributed by atoms with Gasteiger partial charge in [0.2, 0.25) is 11.8 Å². The number of carbonyl (C=O) groups is 2. The molecular weight excluding hydrogens is 477 g/mol. The van der Waals surface area contributed by atoms with Crippen LogP contribution >= 0.6 is 23.4 Å². The first-order valence-corrected chi connectivity index (χ1v) is 11.7. The molecule has 6 nitrogen and oxygen atoms in total. The summed E-state index contributed by atoms with van der Waals surface area (Å²) in [6.07, 6.45) is -0.0420. The highest BCUT2D eigenvalue weighted by Gasteiger charge is 2.39. The van der Waals surface area contributed by atoms with Crippen molar-refractivity contribution < 1.29 is 18.7 Å². The summed E-state index contributed by atoms with van der Waals surface area (Å²) in [7, 11) is 1.59. The predicted octanol–water partition coefficient (Wildman–Crippen LogP) is 5.65. The molecule has 1 heterocycles. The fourth-order valence-electron chi connectivity index (χ4n) is 3.32. The van der Waals surface area contributed by atoms with Crippen LogP contribution in [0, 0.1) is 5.82 Å². The van der Waals surface area contributed by atoms with Crippen molar-refractivity contribution in [2.75, 3.05) is 12.4 Å². The fraction of sp³-hybridized carbons (Fsp3) is 0.160. The van der Waals surface area contributed by atoms with Crippen molar-refractivity contribution in [3.8, 4) is 5.75 Å². The van der Waals surface area contributed by atoms with Gasteiger partial charge in [-0.1, -0.05) is 35.5 Å². The molecule has 3 aromatic rings. The summed E-state index contributed by atoms with van der Waals surface area (Å²) < 4.78 is 18.3. The van der Waals surface area contributed by atoms with Gasteiger partial charge < -0.3 is 10.1 Å². The third kappa shape index (κ3) is 5.95. The van der Waals surface area contributed by atoms with Gasteiger partial charge in [0.05, 0.1) is 19.3 Å². The maximum atomic E-state index is 13.3. The van der Waals surface area contributed by atoms with Crippen LogP contribution in [-0.4, -0.2) is 34.2 Å². The molecule has 1 fully saturated rings. The van der Waals surface area contributed by atoms with Gasteiger partial charge in [0, 0.05) is 17.1 Å². The summed E-state index contributed by atoms with van der Waals surface area (Å²) in [5.74, 6) is -0.217. The molecule has 0 radical (unpaired) electrons. The number of hydrogen-bond acceptors (Lipinski definition) is 5. The minimum Gasteiger partial charge on any atom is -0.497 e. The van der Waals surface area contributed by atoms with Crippen molar-refractivity contribution in [1.82, 2.24) is 4.90 Å². The Morgan fingerprint density at radius 2 is 1.76 bits per heavy atom. The first-order valence-electron chi connectivity index (χ1n) is 10.4. The Hall–Kier alpha value is -3.36. The van der Waals surface area contributed by atoms with Crippen LogP contribution in [0.15, 0.2) is 77.8 Å². The lowest BCUT2D eigenvalue weighted by Gasteiger charge is -2.17. The van der Waals surface area contributed by atoms with Gasteiger partial charge in [0.15, 0.2) is 5.17 Å². The highest BCUT2D eigenvalue weighted by molar-refractivity contribution is 8.15. The Balaban J connectivity index is 1.53. The van der Waals surface area contributed by atoms with Gasteiger partial charge in [-0.05, 0) is 66.2 Å². The van der Waals surface area contributed by atoms with E-state index in [-0.39, 0.29) is 18.2 Å². The molecule has 4 rings (SSSR count). The van der Waals surface area contributed by atoms with Crippen LogP contribution in [0.4, 0.5) is 15.8 Å². The van der Waals surface area contributed by atoms with Crippen molar-refractivity contribution in [3.63, 3.8) is 0 Å². The highest BCUT2D eigenvalue weighted by Crippen LogP contribution is 2.33. The lowest BCUT2D eigenvalue weighted by atomic mass is 10.2. The summed E-state index contributed by atoms with van der Waals surface area (Å²) in [5.41, 5.74) is 2.01. The quantitative estimate of drug-likeness (QED) is 0.458. The van der Waals surface area contributed by atoms with Crippen molar-refractivity contribution in [2.24, 2.45) is 4.99 Å². The third-order valence-corrected chi connectivity index (χ3v) is 6.50. The van der Waals surface area contributed by atoms with E-state index < -0.39 is 11.1 Å². The number of nitrogens with zero attached hydrogens (tertiary/aromatic N) is 2. The molecule has 34 heavy (non-hydrogen) atoms. The zero-order valence-corrected chi connectivity index (χ0v) is 19.8. The molecule has 9 heteroatoms. The molecule has 1 atom stereocenters. The Kier molecular flexibility index (Phi) is 7.49. The van der Waals surface area contributed by atoms with E-state index in [4.69, 9.17) is 16.3 Å². The minimum atomic E-state index is -0.634. The van der Waals surface area contributed by atoms with E-state index in [1.165, 1.54) is 36.0 Å². The number of nitrogens with one attached hydrogen (secondary N) is 1. The van der Waals surface area contributed by atoms with Crippen LogP contribution in [0.25, 0.3) is 0 Å². The van der Waals surface area contributed by atoms with Crippen LogP contribution in [0.2, 0.25) is 5.02 Å². The lowest BCUT2D eigenvalue weighted by molar-refractivity contribution is -0.128. The number of amidine groups is 1. The molecule has 174 valence electrons. The van der Waals surface area contributed by atoms with Gasteiger partial charge >= 0.3 is 0 Å². The maximum absolute atomic E-state index is 13.3. The van der Waals surface area contributed by atoms with Gasteiger partial charge in [-0.25, -0.2) is 9.38 Å². The van der Waals surface area contributed by atoms with Gasteiger partial charge in [0.25, 0.3) is 0 Å². The monoisotopic (exact) mass is 497 g/mol. The Morgan fingerprint density at radius 3 is 2.41 bits per heavy atom. The van der Waals surface area contributed by atoms with Crippen LogP contribution < -0.4 is 10.1 Å². The van der Waals surface area contributed by atoms with E-state index in [1.807, 2.05) is 24.3 Å². The molecule has 0 saturated carbocycles. The fourth-order valence-corrected chi connectivity index (χ4v) is 4.61. The second-order valence-electron chi connectivity index (χ2n) is 7.51. The number of amides is 2. The summed E-state index contributed by atoms with van der Waals surface area (Å²) >= 11 is 7.22. The molecule has 0 aromatic heterocycles. The lowest BCUT2D eigenvalue weighted by Crippen LogP contribution is -2.33. The first kappa shape index (κ1) is 23.8. The van der Waals surface area contributed by atoms with E-state index in [2.05, 4.69) is 10.3 Å². The normalized spacial score (nSPS) is 16.7. The van der Waals surface area contributed by atoms with Crippen LogP contribution in [0.1, 0.15) is 12.0 Å². The zero-order valence-electron chi connectivity index (χ0n) is 18.2. The number of carbonyl (C=O) groups excluding carboxylic acids is 2. The minimum absolute atomic E-state index is 0.0420. The Labute approximate surface area is 205 Å². The first-order chi connectivity index (χ1) is 16.4. The smallest absolute Gasteiger partial charge is 0.242 e. The van der Waals surface area contributed by atoms with Crippen molar-refractivity contribution in [1.29, 1.82) is 0 Å². The second kappa shape index (κ2) is 10.7. The van der Waals surface area contributed by atoms with E-state index in [0.29, 0.717) is 28.1 Å². The second-order valence-corrected chi connectivity index (χ2v) is 9.12. The van der Waals surface area contributed by atoms with Gasteiger partial charge in [-0.2, -0.15) is 0 Å². The van der Waals surface area contributed by atoms with Crippen molar-refractivity contribution in [2.45, 2.75) is 18.2 Å². The molecule has 1 aliphatic rings. The molecule has 0 spiro atoms. The van der Waals surface area contributed by atoms with Crippen molar-refractivity contribution >= 4 is 51.7 Å². The number of benzene rings is 3. The van der Waals surface area contributed by atoms with E-state index in [0.717, 1.165) is 11.3 Å². The molecular formula is C25H21ClFN3O3S. The Morgan fingerprint density at radius 1 is 1.09 bits per heavy atom. The van der Waals surface area contributed by atoms with Gasteiger partial charge in [-0.15, -0.1) is 0 Å². The molecule has 0 aliphatic carbocycles. The largest absolute Gasteiger partial charge is 0.497 e. The number of aliphatic imine (C=N–C) groups is 1. The summed E-state index contributed by atoms with van der Waals surface area (Å²) in [6.45, 7) is 0.304. The standard InChI is InChI=1S/C25H21ClFN3O3S/c1-33-21-12-2-16(3-13-21)15-30-24(32)22(14-23(31)28-19-10-6-18(27)7-11-19)34-25(30)29-20-8-4-17(26)5-9-20/h2-13,22H,14-15H2,1H3,(H,28,31)/t22-/m1/s1. The van der Waals surface area contributed by atoms with E-state index >= 15 is 0 Å². The molecule has 0 bridgehead atoms. The highest BCUT2D eigenvalue weighted by atomic mass is 35.5. The Bertz CT molecular complexity index is 1200. The van der Waals surface area contributed by atoms with Crippen LogP contribution in [-0.2, 0) is 16.1 Å². The van der Waals surface area contributed by atoms with Gasteiger partial charge in [-0.3, -0.25) is 14.5 Å². The van der Waals surface area contributed by atoms with Gasteiger partial charge in [0.1, 0.15) is 16.8 Å².